The van der Waals surface area contributed by atoms with E-state index in [9.17, 15) is 4.79 Å². The van der Waals surface area contributed by atoms with E-state index in [1.165, 1.54) is 12.8 Å². The molecule has 2 heterocycles. The summed E-state index contributed by atoms with van der Waals surface area (Å²) >= 11 is 0. The number of hydrogen-bond donors (Lipinski definition) is 1. The monoisotopic (exact) mass is 200 g/mol. The van der Waals surface area contributed by atoms with Crippen molar-refractivity contribution >= 4 is 6.09 Å². The molecule has 14 heavy (non-hydrogen) atoms. The van der Waals surface area contributed by atoms with Gasteiger partial charge in [-0.25, -0.2) is 4.79 Å². The number of rotatable bonds is 3. The Kier molecular flexibility index (Phi) is 2.88. The fourth-order valence-corrected chi connectivity index (χ4v) is 1.95. The van der Waals surface area contributed by atoms with E-state index in [0.717, 1.165) is 13.1 Å². The third kappa shape index (κ3) is 1.99. The molecule has 1 N–H and O–H groups in total. The average Bonchev–Trinajstić information content (AvgIpc) is 2.78. The van der Waals surface area contributed by atoms with Crippen molar-refractivity contribution < 1.29 is 14.6 Å². The smallest absolute Gasteiger partial charge is 0.411 e. The second-order valence-electron chi connectivity index (χ2n) is 3.88. The minimum absolute atomic E-state index is 0.0811. The van der Waals surface area contributed by atoms with Crippen LogP contribution in [0.1, 0.15) is 12.8 Å². The van der Waals surface area contributed by atoms with E-state index < -0.39 is 0 Å². The molecule has 1 amide bonds. The van der Waals surface area contributed by atoms with E-state index >= 15 is 0 Å². The molecule has 1 atom stereocenters. The zero-order valence-electron chi connectivity index (χ0n) is 8.19. The van der Waals surface area contributed by atoms with Gasteiger partial charge in [-0.05, 0) is 25.9 Å². The van der Waals surface area contributed by atoms with Gasteiger partial charge in [0, 0.05) is 0 Å². The zero-order chi connectivity index (χ0) is 9.97. The van der Waals surface area contributed by atoms with Crippen molar-refractivity contribution in [2.45, 2.75) is 18.9 Å². The fourth-order valence-electron chi connectivity index (χ4n) is 1.95. The lowest BCUT2D eigenvalue weighted by atomic mass is 10.4. The van der Waals surface area contributed by atoms with Crippen molar-refractivity contribution in [1.82, 2.24) is 9.80 Å². The summed E-state index contributed by atoms with van der Waals surface area (Å²) in [5, 5.41) is 8.84. The number of aliphatic hydroxyl groups excluding tert-OH is 1. The first kappa shape index (κ1) is 9.73. The molecular weight excluding hydrogens is 184 g/mol. The van der Waals surface area contributed by atoms with Crippen molar-refractivity contribution in [3.05, 3.63) is 0 Å². The highest BCUT2D eigenvalue weighted by atomic mass is 16.6. The predicted molar refractivity (Wildman–Crippen MR) is 49.7 cm³/mol. The van der Waals surface area contributed by atoms with Gasteiger partial charge in [-0.1, -0.05) is 0 Å². The highest BCUT2D eigenvalue weighted by Gasteiger charge is 2.31. The molecular formula is C9H16N2O3. The summed E-state index contributed by atoms with van der Waals surface area (Å²) in [6.45, 7) is 3.21. The molecule has 5 nitrogen and oxygen atoms in total. The Bertz CT molecular complexity index is 216. The Hall–Kier alpha value is -0.810. The van der Waals surface area contributed by atoms with Crippen LogP contribution in [0, 0.1) is 0 Å². The molecule has 0 aromatic heterocycles. The van der Waals surface area contributed by atoms with Crippen LogP contribution in [0.25, 0.3) is 0 Å². The van der Waals surface area contributed by atoms with E-state index in [-0.39, 0.29) is 18.8 Å². The number of cyclic esters (lactones) is 1. The summed E-state index contributed by atoms with van der Waals surface area (Å²) in [5.41, 5.74) is 0. The summed E-state index contributed by atoms with van der Waals surface area (Å²) in [5.74, 6) is 0. The van der Waals surface area contributed by atoms with Gasteiger partial charge in [0.1, 0.15) is 6.10 Å². The van der Waals surface area contributed by atoms with Crippen molar-refractivity contribution in [1.29, 1.82) is 0 Å². The molecule has 2 aliphatic heterocycles. The maximum atomic E-state index is 11.3. The predicted octanol–water partition coefficient (Wildman–Crippen LogP) is -0.147. The van der Waals surface area contributed by atoms with Crippen LogP contribution in [-0.4, -0.2) is 60.0 Å². The van der Waals surface area contributed by atoms with E-state index in [4.69, 9.17) is 9.84 Å². The maximum absolute atomic E-state index is 11.3. The number of nitrogens with zero attached hydrogens (tertiary/aromatic N) is 2. The summed E-state index contributed by atoms with van der Waals surface area (Å²) < 4.78 is 4.94. The Morgan fingerprint density at radius 1 is 1.43 bits per heavy atom. The molecule has 0 aromatic rings. The quantitative estimate of drug-likeness (QED) is 0.688. The molecule has 2 fully saturated rings. The van der Waals surface area contributed by atoms with E-state index in [1.54, 1.807) is 4.90 Å². The second-order valence-corrected chi connectivity index (χ2v) is 3.88. The molecule has 0 radical (unpaired) electrons. The lowest BCUT2D eigenvalue weighted by molar-refractivity contribution is 0.0935. The normalized spacial score (nSPS) is 28.5. The SMILES string of the molecule is O=C1O[C@@H](CO)CN1CN1CCCC1. The minimum Gasteiger partial charge on any atom is -0.442 e. The Morgan fingerprint density at radius 3 is 2.71 bits per heavy atom. The van der Waals surface area contributed by atoms with Gasteiger partial charge in [0.25, 0.3) is 0 Å². The van der Waals surface area contributed by atoms with Crippen molar-refractivity contribution in [2.75, 3.05) is 32.9 Å². The summed E-state index contributed by atoms with van der Waals surface area (Å²) in [7, 11) is 0. The first-order chi connectivity index (χ1) is 6.79. The van der Waals surface area contributed by atoms with Crippen LogP contribution in [0.2, 0.25) is 0 Å². The molecule has 0 spiro atoms. The van der Waals surface area contributed by atoms with Crippen LogP contribution in [0.15, 0.2) is 0 Å². The number of likely N-dealkylation sites (tertiary alicyclic amines) is 1. The molecule has 80 valence electrons. The maximum Gasteiger partial charge on any atom is 0.411 e. The number of carbonyl (C=O) groups is 1. The first-order valence-electron chi connectivity index (χ1n) is 5.08. The number of aliphatic hydroxyl groups is 1. The zero-order valence-corrected chi connectivity index (χ0v) is 8.19. The number of ether oxygens (including phenoxy) is 1. The summed E-state index contributed by atoms with van der Waals surface area (Å²) in [6.07, 6.45) is 1.81. The molecule has 5 heteroatoms. The Balaban J connectivity index is 1.82. The van der Waals surface area contributed by atoms with E-state index in [1.807, 2.05) is 0 Å². The van der Waals surface area contributed by atoms with Gasteiger partial charge < -0.3 is 9.84 Å². The number of carbonyl (C=O) groups excluding carboxylic acids is 1. The van der Waals surface area contributed by atoms with Gasteiger partial charge in [-0.15, -0.1) is 0 Å². The molecule has 2 saturated heterocycles. The van der Waals surface area contributed by atoms with Gasteiger partial charge in [-0.2, -0.15) is 0 Å². The van der Waals surface area contributed by atoms with Crippen LogP contribution in [0.5, 0.6) is 0 Å². The first-order valence-corrected chi connectivity index (χ1v) is 5.08. The van der Waals surface area contributed by atoms with E-state index in [0.29, 0.717) is 13.2 Å². The molecule has 2 rings (SSSR count). The third-order valence-corrected chi connectivity index (χ3v) is 2.72. The molecule has 0 saturated carbocycles. The molecule has 0 unspecified atom stereocenters. The van der Waals surface area contributed by atoms with Gasteiger partial charge in [0.2, 0.25) is 0 Å². The molecule has 0 aliphatic carbocycles. The second kappa shape index (κ2) is 4.14. The lowest BCUT2D eigenvalue weighted by Gasteiger charge is -2.20. The van der Waals surface area contributed by atoms with Gasteiger partial charge in [0.05, 0.1) is 19.8 Å². The van der Waals surface area contributed by atoms with Gasteiger partial charge in [0.15, 0.2) is 0 Å². The highest BCUT2D eigenvalue weighted by Crippen LogP contribution is 2.14. The van der Waals surface area contributed by atoms with Crippen LogP contribution in [0.3, 0.4) is 0 Å². The van der Waals surface area contributed by atoms with Crippen LogP contribution >= 0.6 is 0 Å². The van der Waals surface area contributed by atoms with Crippen LogP contribution < -0.4 is 0 Å². The summed E-state index contributed by atoms with van der Waals surface area (Å²) in [4.78, 5) is 15.2. The standard InChI is InChI=1S/C9H16N2O3/c12-6-8-5-11(9(13)14-8)7-10-3-1-2-4-10/h8,12H,1-7H2/t8-/m1/s1. The van der Waals surface area contributed by atoms with E-state index in [2.05, 4.69) is 4.90 Å². The van der Waals surface area contributed by atoms with Gasteiger partial charge in [-0.3, -0.25) is 9.80 Å². The van der Waals surface area contributed by atoms with Crippen molar-refractivity contribution in [3.8, 4) is 0 Å². The topological polar surface area (TPSA) is 53.0 Å². The minimum atomic E-state index is -0.329. The third-order valence-electron chi connectivity index (χ3n) is 2.72. The van der Waals surface area contributed by atoms with Crippen LogP contribution in [-0.2, 0) is 4.74 Å². The molecule has 0 aromatic carbocycles. The lowest BCUT2D eigenvalue weighted by Crippen LogP contribution is -2.37. The van der Waals surface area contributed by atoms with Gasteiger partial charge >= 0.3 is 6.09 Å². The van der Waals surface area contributed by atoms with Crippen molar-refractivity contribution in [3.63, 3.8) is 0 Å². The average molecular weight is 200 g/mol. The fraction of sp³-hybridized carbons (Fsp3) is 0.889. The largest absolute Gasteiger partial charge is 0.442 e. The summed E-state index contributed by atoms with van der Waals surface area (Å²) in [6, 6.07) is 0. The number of amides is 1. The molecule has 0 bridgehead atoms. The number of hydrogen-bond acceptors (Lipinski definition) is 4. The Labute approximate surface area is 83.2 Å². The van der Waals surface area contributed by atoms with Crippen LogP contribution in [0.4, 0.5) is 4.79 Å². The molecule has 2 aliphatic rings. The highest BCUT2D eigenvalue weighted by molar-refractivity contribution is 5.69. The van der Waals surface area contributed by atoms with Crippen molar-refractivity contribution in [2.24, 2.45) is 0 Å². The Morgan fingerprint density at radius 2 is 2.14 bits per heavy atom.